The SMILES string of the molecule is CC1(C)C2=CC[C@@H]3[C@H](CC[C@]4(C)C(=O)CC[C@@H]34)[C@@]2(C)CCC1=NOCCN. The fourth-order valence-electron chi connectivity index (χ4n) is 7.34. The summed E-state index contributed by atoms with van der Waals surface area (Å²) in [7, 11) is 0. The molecule has 0 bridgehead atoms. The Morgan fingerprint density at radius 2 is 1.85 bits per heavy atom. The van der Waals surface area contributed by atoms with Gasteiger partial charge in [0.2, 0.25) is 0 Å². The third-order valence-electron chi connectivity index (χ3n) is 8.83. The van der Waals surface area contributed by atoms with Crippen LogP contribution in [0.15, 0.2) is 16.8 Å². The Bertz CT molecular complexity index is 694. The van der Waals surface area contributed by atoms with Gasteiger partial charge in [-0.15, -0.1) is 0 Å². The van der Waals surface area contributed by atoms with Crippen LogP contribution in [-0.2, 0) is 9.63 Å². The third kappa shape index (κ3) is 2.66. The first-order valence-electron chi connectivity index (χ1n) is 10.9. The Kier molecular flexibility index (Phi) is 4.57. The summed E-state index contributed by atoms with van der Waals surface area (Å²) in [6.45, 7) is 10.4. The minimum Gasteiger partial charge on any atom is -0.394 e. The lowest BCUT2D eigenvalue weighted by Gasteiger charge is -2.59. The first-order valence-corrected chi connectivity index (χ1v) is 10.9. The zero-order valence-electron chi connectivity index (χ0n) is 17.5. The summed E-state index contributed by atoms with van der Waals surface area (Å²) in [4.78, 5) is 18.0. The molecule has 0 saturated heterocycles. The number of nitrogens with zero attached hydrogens (tertiary/aromatic N) is 1. The standard InChI is InChI=1S/C23H36N2O2/c1-21(2)18-7-5-15-16-6-8-20(26)23(16,4)11-9-17(15)22(18,3)12-10-19(21)25-27-14-13-24/h7,15-17H,5-6,8-14,24H2,1-4H3/t15-,16-,17-,22+,23-/m0/s1. The normalized spacial score (nSPS) is 44.3. The van der Waals surface area contributed by atoms with Crippen LogP contribution < -0.4 is 5.73 Å². The fourth-order valence-corrected chi connectivity index (χ4v) is 7.34. The van der Waals surface area contributed by atoms with Crippen molar-refractivity contribution in [1.82, 2.24) is 0 Å². The van der Waals surface area contributed by atoms with Gasteiger partial charge < -0.3 is 10.6 Å². The molecule has 3 saturated carbocycles. The lowest BCUT2D eigenvalue weighted by atomic mass is 9.45. The van der Waals surface area contributed by atoms with Crippen molar-refractivity contribution in [3.63, 3.8) is 0 Å². The van der Waals surface area contributed by atoms with Crippen molar-refractivity contribution in [1.29, 1.82) is 0 Å². The van der Waals surface area contributed by atoms with Crippen molar-refractivity contribution >= 4 is 11.5 Å². The molecule has 0 radical (unpaired) electrons. The molecule has 0 aromatic rings. The lowest BCUT2D eigenvalue weighted by Crippen LogP contribution is -2.53. The quantitative estimate of drug-likeness (QED) is 0.451. The summed E-state index contributed by atoms with van der Waals surface area (Å²) in [5, 5.41) is 4.48. The van der Waals surface area contributed by atoms with E-state index >= 15 is 0 Å². The van der Waals surface area contributed by atoms with E-state index in [0.717, 1.165) is 44.2 Å². The van der Waals surface area contributed by atoms with Gasteiger partial charge in [-0.2, -0.15) is 0 Å². The van der Waals surface area contributed by atoms with Crippen molar-refractivity contribution in [3.05, 3.63) is 11.6 Å². The predicted molar refractivity (Wildman–Crippen MR) is 108 cm³/mol. The number of rotatable bonds is 3. The number of hydrogen-bond acceptors (Lipinski definition) is 4. The van der Waals surface area contributed by atoms with Crippen molar-refractivity contribution < 1.29 is 9.63 Å². The summed E-state index contributed by atoms with van der Waals surface area (Å²) in [5.41, 5.74) is 8.39. The number of nitrogens with two attached hydrogens (primary N) is 1. The van der Waals surface area contributed by atoms with Gasteiger partial charge in [0, 0.05) is 23.8 Å². The number of carbonyl (C=O) groups is 1. The monoisotopic (exact) mass is 372 g/mol. The van der Waals surface area contributed by atoms with Crippen LogP contribution in [0.3, 0.4) is 0 Å². The van der Waals surface area contributed by atoms with E-state index in [2.05, 4.69) is 38.9 Å². The maximum atomic E-state index is 12.6. The van der Waals surface area contributed by atoms with Crippen LogP contribution in [0.5, 0.6) is 0 Å². The molecule has 0 heterocycles. The van der Waals surface area contributed by atoms with Crippen LogP contribution in [0.1, 0.15) is 72.6 Å². The van der Waals surface area contributed by atoms with Gasteiger partial charge in [0.15, 0.2) is 0 Å². The molecule has 0 aromatic carbocycles. The average Bonchev–Trinajstić information content (AvgIpc) is 2.92. The van der Waals surface area contributed by atoms with E-state index in [1.54, 1.807) is 5.57 Å². The van der Waals surface area contributed by atoms with E-state index in [4.69, 9.17) is 10.6 Å². The van der Waals surface area contributed by atoms with Crippen LogP contribution in [-0.4, -0.2) is 24.6 Å². The van der Waals surface area contributed by atoms with Crippen LogP contribution >= 0.6 is 0 Å². The summed E-state index contributed by atoms with van der Waals surface area (Å²) >= 11 is 0. The van der Waals surface area contributed by atoms with E-state index in [1.807, 2.05) is 0 Å². The van der Waals surface area contributed by atoms with E-state index < -0.39 is 0 Å². The topological polar surface area (TPSA) is 64.7 Å². The van der Waals surface area contributed by atoms with Crippen molar-refractivity contribution in [2.24, 2.45) is 44.9 Å². The molecule has 0 unspecified atom stereocenters. The molecule has 4 aliphatic rings. The number of carbonyl (C=O) groups excluding carboxylic acids is 1. The fraction of sp³-hybridized carbons (Fsp3) is 0.826. The molecular formula is C23H36N2O2. The van der Waals surface area contributed by atoms with E-state index in [0.29, 0.717) is 36.7 Å². The second-order valence-corrected chi connectivity index (χ2v) is 10.4. The number of oxime groups is 1. The predicted octanol–water partition coefficient (Wildman–Crippen LogP) is 4.49. The van der Waals surface area contributed by atoms with Gasteiger partial charge in [0.05, 0.1) is 5.71 Å². The number of Topliss-reactive ketones (excluding diaryl/α,β-unsaturated/α-hetero) is 1. The highest BCUT2D eigenvalue weighted by molar-refractivity contribution is 5.93. The van der Waals surface area contributed by atoms with Crippen LogP contribution in [0, 0.1) is 34.0 Å². The Labute approximate surface area is 164 Å². The Hall–Kier alpha value is -1.16. The molecule has 2 N–H and O–H groups in total. The minimum atomic E-state index is -0.0567. The number of hydrogen-bond donors (Lipinski definition) is 1. The molecule has 4 heteroatoms. The van der Waals surface area contributed by atoms with Crippen molar-refractivity contribution in [2.75, 3.05) is 13.2 Å². The lowest BCUT2D eigenvalue weighted by molar-refractivity contribution is -0.131. The summed E-state index contributed by atoms with van der Waals surface area (Å²) in [5.74, 6) is 2.49. The number of fused-ring (bicyclic) bond motifs is 5. The maximum Gasteiger partial charge on any atom is 0.139 e. The second kappa shape index (κ2) is 6.43. The molecule has 27 heavy (non-hydrogen) atoms. The van der Waals surface area contributed by atoms with Gasteiger partial charge in [0.1, 0.15) is 12.4 Å². The van der Waals surface area contributed by atoms with Gasteiger partial charge in [-0.05, 0) is 61.7 Å². The first-order chi connectivity index (χ1) is 12.7. The Morgan fingerprint density at radius 3 is 2.59 bits per heavy atom. The van der Waals surface area contributed by atoms with Gasteiger partial charge >= 0.3 is 0 Å². The summed E-state index contributed by atoms with van der Waals surface area (Å²) in [6.07, 6.45) is 9.99. The number of allylic oxidation sites excluding steroid dienone is 2. The smallest absolute Gasteiger partial charge is 0.139 e. The maximum absolute atomic E-state index is 12.6. The first kappa shape index (κ1) is 19.2. The van der Waals surface area contributed by atoms with Crippen molar-refractivity contribution in [3.8, 4) is 0 Å². The van der Waals surface area contributed by atoms with Crippen LogP contribution in [0.4, 0.5) is 0 Å². The highest BCUT2D eigenvalue weighted by atomic mass is 16.6. The molecule has 5 atom stereocenters. The third-order valence-corrected chi connectivity index (χ3v) is 8.83. The van der Waals surface area contributed by atoms with Crippen LogP contribution in [0.2, 0.25) is 0 Å². The minimum absolute atomic E-state index is 0.0459. The molecule has 4 aliphatic carbocycles. The van der Waals surface area contributed by atoms with Gasteiger partial charge in [-0.25, -0.2) is 0 Å². The van der Waals surface area contributed by atoms with Crippen LogP contribution in [0.25, 0.3) is 0 Å². The zero-order chi connectivity index (χ0) is 19.4. The zero-order valence-corrected chi connectivity index (χ0v) is 17.5. The highest BCUT2D eigenvalue weighted by Crippen LogP contribution is 2.65. The second-order valence-electron chi connectivity index (χ2n) is 10.4. The van der Waals surface area contributed by atoms with E-state index in [9.17, 15) is 4.79 Å². The Morgan fingerprint density at radius 1 is 1.11 bits per heavy atom. The van der Waals surface area contributed by atoms with Gasteiger partial charge in [-0.3, -0.25) is 4.79 Å². The van der Waals surface area contributed by atoms with Gasteiger partial charge in [-0.1, -0.05) is 44.5 Å². The van der Waals surface area contributed by atoms with E-state index in [-0.39, 0.29) is 16.2 Å². The van der Waals surface area contributed by atoms with E-state index in [1.165, 1.54) is 6.42 Å². The molecule has 3 fully saturated rings. The molecule has 4 rings (SSSR count). The Balaban J connectivity index is 1.66. The number of ketones is 1. The molecule has 0 aromatic heterocycles. The largest absolute Gasteiger partial charge is 0.394 e. The van der Waals surface area contributed by atoms with Gasteiger partial charge in [0.25, 0.3) is 0 Å². The molecule has 150 valence electrons. The van der Waals surface area contributed by atoms with Crippen molar-refractivity contribution in [2.45, 2.75) is 72.6 Å². The molecule has 0 amide bonds. The molecule has 0 spiro atoms. The average molecular weight is 373 g/mol. The molecular weight excluding hydrogens is 336 g/mol. The summed E-state index contributed by atoms with van der Waals surface area (Å²) < 4.78 is 0. The summed E-state index contributed by atoms with van der Waals surface area (Å²) in [6, 6.07) is 0. The molecule has 4 nitrogen and oxygen atoms in total. The highest BCUT2D eigenvalue weighted by Gasteiger charge is 2.60. The molecule has 0 aliphatic heterocycles.